The van der Waals surface area contributed by atoms with Crippen LogP contribution in [0.5, 0.6) is 0 Å². The van der Waals surface area contributed by atoms with Crippen molar-refractivity contribution in [3.8, 4) is 0 Å². The lowest BCUT2D eigenvalue weighted by Crippen LogP contribution is -2.26. The summed E-state index contributed by atoms with van der Waals surface area (Å²) in [5.41, 5.74) is 3.90. The van der Waals surface area contributed by atoms with Crippen molar-refractivity contribution < 1.29 is 0 Å². The number of nitrogens with one attached hydrogen (secondary N) is 1. The average molecular weight is 251 g/mol. The van der Waals surface area contributed by atoms with Crippen LogP contribution < -0.4 is 5.32 Å². The van der Waals surface area contributed by atoms with E-state index in [1.54, 1.807) is 11.8 Å². The van der Waals surface area contributed by atoms with Crippen LogP contribution >= 0.6 is 11.8 Å². The first-order valence-electron chi connectivity index (χ1n) is 6.23. The summed E-state index contributed by atoms with van der Waals surface area (Å²) in [6, 6.07) is 0. The van der Waals surface area contributed by atoms with E-state index in [4.69, 9.17) is 4.98 Å². The second-order valence-corrected chi connectivity index (χ2v) is 5.62. The van der Waals surface area contributed by atoms with Gasteiger partial charge in [-0.15, -0.1) is 0 Å². The Morgan fingerprint density at radius 3 is 2.94 bits per heavy atom. The Balaban J connectivity index is 2.21. The van der Waals surface area contributed by atoms with E-state index in [2.05, 4.69) is 23.5 Å². The number of hydrogen-bond donors (Lipinski definition) is 1. The summed E-state index contributed by atoms with van der Waals surface area (Å²) < 4.78 is 0. The van der Waals surface area contributed by atoms with Crippen LogP contribution in [0.4, 0.5) is 0 Å². The van der Waals surface area contributed by atoms with Crippen molar-refractivity contribution >= 4 is 11.8 Å². The van der Waals surface area contributed by atoms with Crippen LogP contribution in [0, 0.1) is 12.8 Å². The third-order valence-corrected chi connectivity index (χ3v) is 3.94. The molecule has 1 aromatic rings. The van der Waals surface area contributed by atoms with E-state index < -0.39 is 0 Å². The molecule has 0 saturated carbocycles. The predicted molar refractivity (Wildman–Crippen MR) is 73.4 cm³/mol. The third kappa shape index (κ3) is 2.99. The van der Waals surface area contributed by atoms with Gasteiger partial charge >= 0.3 is 0 Å². The predicted octanol–water partition coefficient (Wildman–Crippen LogP) is 1.97. The molecule has 0 radical (unpaired) electrons. The fourth-order valence-corrected chi connectivity index (χ4v) is 2.97. The molecule has 1 heterocycles. The van der Waals surface area contributed by atoms with Crippen LogP contribution in [-0.4, -0.2) is 29.8 Å². The highest BCUT2D eigenvalue weighted by Crippen LogP contribution is 2.26. The lowest BCUT2D eigenvalue weighted by Gasteiger charge is -2.25. The van der Waals surface area contributed by atoms with E-state index in [9.17, 15) is 0 Å². The maximum absolute atomic E-state index is 4.71. The first kappa shape index (κ1) is 12.8. The van der Waals surface area contributed by atoms with Crippen molar-refractivity contribution in [3.05, 3.63) is 22.8 Å². The van der Waals surface area contributed by atoms with Crippen LogP contribution in [0.15, 0.2) is 0 Å². The minimum atomic E-state index is 0.751. The van der Waals surface area contributed by atoms with E-state index in [1.165, 1.54) is 23.4 Å². The Kier molecular flexibility index (Phi) is 4.40. The number of hydrogen-bond acceptors (Lipinski definition) is 4. The first-order valence-corrected chi connectivity index (χ1v) is 7.62. The smallest absolute Gasteiger partial charge is 0.138 e. The molecule has 0 spiro atoms. The zero-order chi connectivity index (χ0) is 12.3. The molecule has 0 aromatic carbocycles. The van der Waals surface area contributed by atoms with Gasteiger partial charge in [0, 0.05) is 11.4 Å². The molecular weight excluding hydrogens is 230 g/mol. The standard InChI is InChI=1S/C13H21N3S/c1-9-11-6-10(7-14-2)4-5-12(11)16-13(15-9)8-17-3/h10,14H,4-8H2,1-3H3. The summed E-state index contributed by atoms with van der Waals surface area (Å²) >= 11 is 1.79. The van der Waals surface area contributed by atoms with Crippen LogP contribution in [0.3, 0.4) is 0 Å². The van der Waals surface area contributed by atoms with Gasteiger partial charge in [0.05, 0.1) is 5.75 Å². The van der Waals surface area contributed by atoms with E-state index in [0.717, 1.165) is 36.9 Å². The Labute approximate surface area is 108 Å². The molecule has 0 bridgehead atoms. The largest absolute Gasteiger partial charge is 0.319 e. The summed E-state index contributed by atoms with van der Waals surface area (Å²) in [5.74, 6) is 2.68. The van der Waals surface area contributed by atoms with Gasteiger partial charge in [-0.05, 0) is 57.5 Å². The Morgan fingerprint density at radius 2 is 2.24 bits per heavy atom. The van der Waals surface area contributed by atoms with Crippen LogP contribution in [-0.2, 0) is 18.6 Å². The molecule has 1 unspecified atom stereocenters. The van der Waals surface area contributed by atoms with E-state index in [1.807, 2.05) is 7.05 Å². The minimum Gasteiger partial charge on any atom is -0.319 e. The lowest BCUT2D eigenvalue weighted by molar-refractivity contribution is 0.432. The SMILES string of the molecule is CNCC1CCc2nc(CSC)nc(C)c2C1. The molecule has 17 heavy (non-hydrogen) atoms. The fraction of sp³-hybridized carbons (Fsp3) is 0.692. The van der Waals surface area contributed by atoms with Crippen LogP contribution in [0.1, 0.15) is 29.2 Å². The van der Waals surface area contributed by atoms with E-state index in [0.29, 0.717) is 0 Å². The topological polar surface area (TPSA) is 37.8 Å². The molecular formula is C13H21N3S. The van der Waals surface area contributed by atoms with Gasteiger partial charge in [0.25, 0.3) is 0 Å². The number of nitrogens with zero attached hydrogens (tertiary/aromatic N) is 2. The zero-order valence-corrected chi connectivity index (χ0v) is 11.7. The number of rotatable bonds is 4. The summed E-state index contributed by atoms with van der Waals surface area (Å²) in [7, 11) is 2.03. The third-order valence-electron chi connectivity index (χ3n) is 3.39. The lowest BCUT2D eigenvalue weighted by atomic mass is 9.86. The Morgan fingerprint density at radius 1 is 1.41 bits per heavy atom. The molecule has 1 N–H and O–H groups in total. The van der Waals surface area contributed by atoms with Gasteiger partial charge in [-0.25, -0.2) is 9.97 Å². The summed E-state index contributed by atoms with van der Waals surface area (Å²) in [6.45, 7) is 3.23. The molecule has 2 rings (SSSR count). The molecule has 94 valence electrons. The van der Waals surface area contributed by atoms with Gasteiger partial charge in [0.1, 0.15) is 5.82 Å². The van der Waals surface area contributed by atoms with Crippen LogP contribution in [0.25, 0.3) is 0 Å². The first-order chi connectivity index (χ1) is 8.24. The average Bonchev–Trinajstić information content (AvgIpc) is 2.31. The molecule has 0 amide bonds. The molecule has 4 heteroatoms. The zero-order valence-electron chi connectivity index (χ0n) is 10.9. The highest BCUT2D eigenvalue weighted by Gasteiger charge is 2.21. The monoisotopic (exact) mass is 251 g/mol. The Hall–Kier alpha value is -0.610. The molecule has 0 aliphatic heterocycles. The van der Waals surface area contributed by atoms with Crippen molar-refractivity contribution in [2.45, 2.75) is 31.9 Å². The number of aromatic nitrogens is 2. The molecule has 3 nitrogen and oxygen atoms in total. The number of thioether (sulfide) groups is 1. The van der Waals surface area contributed by atoms with Gasteiger partial charge in [-0.1, -0.05) is 0 Å². The highest BCUT2D eigenvalue weighted by atomic mass is 32.2. The van der Waals surface area contributed by atoms with Gasteiger partial charge in [-0.3, -0.25) is 0 Å². The molecule has 0 saturated heterocycles. The molecule has 1 atom stereocenters. The van der Waals surface area contributed by atoms with Crippen molar-refractivity contribution in [1.29, 1.82) is 0 Å². The number of aryl methyl sites for hydroxylation is 2. The molecule has 1 aliphatic carbocycles. The van der Waals surface area contributed by atoms with Gasteiger partial charge in [0.15, 0.2) is 0 Å². The van der Waals surface area contributed by atoms with Crippen LogP contribution in [0.2, 0.25) is 0 Å². The van der Waals surface area contributed by atoms with E-state index >= 15 is 0 Å². The van der Waals surface area contributed by atoms with Gasteiger partial charge in [-0.2, -0.15) is 11.8 Å². The van der Waals surface area contributed by atoms with Gasteiger partial charge in [0.2, 0.25) is 0 Å². The summed E-state index contributed by atoms with van der Waals surface area (Å²) in [6.07, 6.45) is 5.61. The van der Waals surface area contributed by atoms with E-state index in [-0.39, 0.29) is 0 Å². The van der Waals surface area contributed by atoms with Crippen molar-refractivity contribution in [3.63, 3.8) is 0 Å². The number of fused-ring (bicyclic) bond motifs is 1. The summed E-state index contributed by atoms with van der Waals surface area (Å²) in [4.78, 5) is 9.32. The quantitative estimate of drug-likeness (QED) is 0.888. The van der Waals surface area contributed by atoms with Gasteiger partial charge < -0.3 is 5.32 Å². The second kappa shape index (κ2) is 5.83. The Bertz CT molecular complexity index is 392. The minimum absolute atomic E-state index is 0.751. The van der Waals surface area contributed by atoms with Crippen molar-refractivity contribution in [1.82, 2.24) is 15.3 Å². The van der Waals surface area contributed by atoms with Crippen molar-refractivity contribution in [2.75, 3.05) is 19.8 Å². The molecule has 1 aromatic heterocycles. The molecule has 1 aliphatic rings. The van der Waals surface area contributed by atoms with Crippen molar-refractivity contribution in [2.24, 2.45) is 5.92 Å². The maximum Gasteiger partial charge on any atom is 0.138 e. The highest BCUT2D eigenvalue weighted by molar-refractivity contribution is 7.97. The maximum atomic E-state index is 4.71. The normalized spacial score (nSPS) is 19.1. The molecule has 0 fully saturated rings. The fourth-order valence-electron chi connectivity index (χ4n) is 2.58. The summed E-state index contributed by atoms with van der Waals surface area (Å²) in [5, 5.41) is 3.28. The second-order valence-electron chi connectivity index (χ2n) is 4.75.